The lowest BCUT2D eigenvalue weighted by atomic mass is 10.1. The van der Waals surface area contributed by atoms with E-state index in [0.29, 0.717) is 6.42 Å². The van der Waals surface area contributed by atoms with Crippen molar-refractivity contribution in [1.29, 1.82) is 0 Å². The van der Waals surface area contributed by atoms with Gasteiger partial charge in [0.1, 0.15) is 0 Å². The quantitative estimate of drug-likeness (QED) is 0.667. The van der Waals surface area contributed by atoms with Crippen LogP contribution >= 0.6 is 27.3 Å². The monoisotopic (exact) mass is 348 g/mol. The molecule has 5 heteroatoms. The van der Waals surface area contributed by atoms with Gasteiger partial charge in [-0.2, -0.15) is 5.10 Å². The number of hydrogen-bond acceptors (Lipinski definition) is 3. The predicted molar refractivity (Wildman–Crippen MR) is 85.5 cm³/mol. The van der Waals surface area contributed by atoms with E-state index in [1.807, 2.05) is 43.6 Å². The standard InChI is InChI=1S/C15H13BrN2OS/c1-9-15(16)12(18(2)17-9)7-13(19)11-8-20-14-6-4-3-5-10(11)14/h3-6,8H,7H2,1-2H3. The normalized spacial score (nSPS) is 11.2. The van der Waals surface area contributed by atoms with Gasteiger partial charge in [-0.3, -0.25) is 9.48 Å². The zero-order valence-corrected chi connectivity index (χ0v) is 13.6. The summed E-state index contributed by atoms with van der Waals surface area (Å²) in [6.45, 7) is 1.93. The van der Waals surface area contributed by atoms with Crippen LogP contribution in [0.5, 0.6) is 0 Å². The molecule has 0 aliphatic heterocycles. The van der Waals surface area contributed by atoms with E-state index in [2.05, 4.69) is 21.0 Å². The Morgan fingerprint density at radius 1 is 1.40 bits per heavy atom. The zero-order valence-electron chi connectivity index (χ0n) is 11.2. The molecular formula is C15H13BrN2OS. The molecule has 102 valence electrons. The maximum Gasteiger partial charge on any atom is 0.170 e. The molecular weight excluding hydrogens is 336 g/mol. The maximum atomic E-state index is 12.5. The molecule has 20 heavy (non-hydrogen) atoms. The summed E-state index contributed by atoms with van der Waals surface area (Å²) in [6, 6.07) is 8.01. The summed E-state index contributed by atoms with van der Waals surface area (Å²) in [7, 11) is 1.87. The van der Waals surface area contributed by atoms with E-state index in [-0.39, 0.29) is 5.78 Å². The fourth-order valence-corrected chi connectivity index (χ4v) is 3.75. The Balaban J connectivity index is 1.97. The van der Waals surface area contributed by atoms with Crippen molar-refractivity contribution < 1.29 is 4.79 Å². The summed E-state index contributed by atoms with van der Waals surface area (Å²) in [5, 5.41) is 7.32. The first-order valence-electron chi connectivity index (χ1n) is 6.25. The van der Waals surface area contributed by atoms with Crippen LogP contribution in [0.3, 0.4) is 0 Å². The fourth-order valence-electron chi connectivity index (χ4n) is 2.31. The third-order valence-corrected chi connectivity index (χ3v) is 5.37. The lowest BCUT2D eigenvalue weighted by Gasteiger charge is -2.02. The molecule has 0 bridgehead atoms. The van der Waals surface area contributed by atoms with Gasteiger partial charge in [0, 0.05) is 28.1 Å². The second-order valence-corrected chi connectivity index (χ2v) is 6.42. The molecule has 0 radical (unpaired) electrons. The van der Waals surface area contributed by atoms with E-state index in [0.717, 1.165) is 31.5 Å². The number of aromatic nitrogens is 2. The van der Waals surface area contributed by atoms with E-state index in [1.54, 1.807) is 16.0 Å². The lowest BCUT2D eigenvalue weighted by Crippen LogP contribution is -2.08. The minimum atomic E-state index is 0.131. The van der Waals surface area contributed by atoms with Crippen molar-refractivity contribution in [1.82, 2.24) is 9.78 Å². The SMILES string of the molecule is Cc1nn(C)c(CC(=O)c2csc3ccccc23)c1Br. The largest absolute Gasteiger partial charge is 0.294 e. The van der Waals surface area contributed by atoms with Crippen LogP contribution in [-0.2, 0) is 13.5 Å². The molecule has 2 heterocycles. The van der Waals surface area contributed by atoms with Crippen molar-refractivity contribution in [2.45, 2.75) is 13.3 Å². The van der Waals surface area contributed by atoms with Crippen molar-refractivity contribution in [3.05, 3.63) is 51.1 Å². The molecule has 0 saturated carbocycles. The Kier molecular flexibility index (Phi) is 3.48. The number of halogens is 1. The van der Waals surface area contributed by atoms with Gasteiger partial charge in [0.05, 0.1) is 22.3 Å². The molecule has 0 saturated heterocycles. The first kappa shape index (κ1) is 13.5. The van der Waals surface area contributed by atoms with E-state index < -0.39 is 0 Å². The highest BCUT2D eigenvalue weighted by molar-refractivity contribution is 9.10. The van der Waals surface area contributed by atoms with Gasteiger partial charge in [-0.15, -0.1) is 11.3 Å². The number of rotatable bonds is 3. The van der Waals surface area contributed by atoms with E-state index >= 15 is 0 Å². The molecule has 0 atom stereocenters. The molecule has 3 nitrogen and oxygen atoms in total. The van der Waals surface area contributed by atoms with Crippen LogP contribution in [0.2, 0.25) is 0 Å². The van der Waals surface area contributed by atoms with Gasteiger partial charge in [0.25, 0.3) is 0 Å². The minimum Gasteiger partial charge on any atom is -0.294 e. The molecule has 3 aromatic rings. The molecule has 3 rings (SSSR count). The minimum absolute atomic E-state index is 0.131. The van der Waals surface area contributed by atoms with Gasteiger partial charge in [0.2, 0.25) is 0 Å². The summed E-state index contributed by atoms with van der Waals surface area (Å²) in [4.78, 5) is 12.5. The summed E-state index contributed by atoms with van der Waals surface area (Å²) < 4.78 is 3.84. The molecule has 0 fully saturated rings. The average molecular weight is 349 g/mol. The molecule has 0 unspecified atom stereocenters. The van der Waals surface area contributed by atoms with Crippen LogP contribution < -0.4 is 0 Å². The first-order valence-corrected chi connectivity index (χ1v) is 7.92. The van der Waals surface area contributed by atoms with Gasteiger partial charge < -0.3 is 0 Å². The number of carbonyl (C=O) groups excluding carboxylic acids is 1. The molecule has 1 aromatic carbocycles. The Hall–Kier alpha value is -1.46. The third-order valence-electron chi connectivity index (χ3n) is 3.37. The molecule has 0 N–H and O–H groups in total. The number of carbonyl (C=O) groups is 1. The van der Waals surface area contributed by atoms with Crippen molar-refractivity contribution >= 4 is 43.1 Å². The second kappa shape index (κ2) is 5.14. The lowest BCUT2D eigenvalue weighted by molar-refractivity contribution is 0.0992. The Bertz CT molecular complexity index is 803. The van der Waals surface area contributed by atoms with Gasteiger partial charge in [-0.1, -0.05) is 18.2 Å². The summed E-state index contributed by atoms with van der Waals surface area (Å²) in [5.74, 6) is 0.131. The van der Waals surface area contributed by atoms with Crippen LogP contribution in [0, 0.1) is 6.92 Å². The topological polar surface area (TPSA) is 34.9 Å². The van der Waals surface area contributed by atoms with Crippen molar-refractivity contribution in [2.24, 2.45) is 7.05 Å². The summed E-state index contributed by atoms with van der Waals surface area (Å²) >= 11 is 5.12. The first-order chi connectivity index (χ1) is 9.58. The second-order valence-electron chi connectivity index (χ2n) is 4.72. The number of aryl methyl sites for hydroxylation is 2. The van der Waals surface area contributed by atoms with Gasteiger partial charge in [-0.25, -0.2) is 0 Å². The highest BCUT2D eigenvalue weighted by Crippen LogP contribution is 2.28. The number of nitrogens with zero attached hydrogens (tertiary/aromatic N) is 2. The molecule has 0 aliphatic carbocycles. The van der Waals surface area contributed by atoms with E-state index in [1.165, 1.54) is 0 Å². The maximum absolute atomic E-state index is 12.5. The van der Waals surface area contributed by atoms with Crippen LogP contribution in [0.15, 0.2) is 34.1 Å². The van der Waals surface area contributed by atoms with Crippen LogP contribution in [0.25, 0.3) is 10.1 Å². The summed E-state index contributed by atoms with van der Waals surface area (Å²) in [5.41, 5.74) is 2.63. The van der Waals surface area contributed by atoms with Gasteiger partial charge in [-0.05, 0) is 28.9 Å². The van der Waals surface area contributed by atoms with Crippen LogP contribution in [0.1, 0.15) is 21.7 Å². The molecule has 2 aromatic heterocycles. The Morgan fingerprint density at radius 2 is 2.15 bits per heavy atom. The predicted octanol–water partition coefficient (Wildman–Crippen LogP) is 4.13. The van der Waals surface area contributed by atoms with Crippen molar-refractivity contribution in [2.75, 3.05) is 0 Å². The Labute approximate surface area is 129 Å². The number of Topliss-reactive ketones (excluding diaryl/α,β-unsaturated/α-hetero) is 1. The van der Waals surface area contributed by atoms with E-state index in [4.69, 9.17) is 0 Å². The highest BCUT2D eigenvalue weighted by Gasteiger charge is 2.18. The summed E-state index contributed by atoms with van der Waals surface area (Å²) in [6.07, 6.45) is 0.360. The number of ketones is 1. The van der Waals surface area contributed by atoms with Gasteiger partial charge >= 0.3 is 0 Å². The smallest absolute Gasteiger partial charge is 0.170 e. The van der Waals surface area contributed by atoms with Crippen molar-refractivity contribution in [3.63, 3.8) is 0 Å². The highest BCUT2D eigenvalue weighted by atomic mass is 79.9. The molecule has 0 amide bonds. The third kappa shape index (κ3) is 2.21. The molecule has 0 aliphatic rings. The average Bonchev–Trinajstić information content (AvgIpc) is 2.96. The number of hydrogen-bond donors (Lipinski definition) is 0. The number of thiophene rings is 1. The van der Waals surface area contributed by atoms with Crippen LogP contribution in [0.4, 0.5) is 0 Å². The van der Waals surface area contributed by atoms with Crippen LogP contribution in [-0.4, -0.2) is 15.6 Å². The van der Waals surface area contributed by atoms with Crippen molar-refractivity contribution in [3.8, 4) is 0 Å². The van der Waals surface area contributed by atoms with Gasteiger partial charge in [0.15, 0.2) is 5.78 Å². The molecule has 0 spiro atoms. The Morgan fingerprint density at radius 3 is 2.85 bits per heavy atom. The number of fused-ring (bicyclic) bond motifs is 1. The van der Waals surface area contributed by atoms with E-state index in [9.17, 15) is 4.79 Å². The fraction of sp³-hybridized carbons (Fsp3) is 0.200. The number of benzene rings is 1. The zero-order chi connectivity index (χ0) is 14.3.